The third kappa shape index (κ3) is 4.58. The maximum Gasteiger partial charge on any atom is 0.260 e. The van der Waals surface area contributed by atoms with Crippen LogP contribution in [0.2, 0.25) is 5.02 Å². The molecule has 3 unspecified atom stereocenters. The van der Waals surface area contributed by atoms with E-state index in [0.29, 0.717) is 12.4 Å². The van der Waals surface area contributed by atoms with Gasteiger partial charge in [-0.05, 0) is 44.9 Å². The lowest BCUT2D eigenvalue weighted by Gasteiger charge is -2.29. The van der Waals surface area contributed by atoms with Gasteiger partial charge in [-0.3, -0.25) is 4.79 Å². The van der Waals surface area contributed by atoms with Crippen molar-refractivity contribution < 1.29 is 18.7 Å². The topological polar surface area (TPSA) is 47.6 Å². The highest BCUT2D eigenvalue weighted by atomic mass is 35.5. The zero-order valence-corrected chi connectivity index (χ0v) is 12.8. The molecule has 3 atom stereocenters. The first-order valence-corrected chi connectivity index (χ1v) is 7.37. The van der Waals surface area contributed by atoms with Crippen molar-refractivity contribution in [2.75, 3.05) is 6.61 Å². The summed E-state index contributed by atoms with van der Waals surface area (Å²) in [4.78, 5) is 12.1. The number of rotatable bonds is 4. The summed E-state index contributed by atoms with van der Waals surface area (Å²) in [5, 5.41) is 3.09. The number of amides is 1. The monoisotopic (exact) mass is 315 g/mol. The highest BCUT2D eigenvalue weighted by molar-refractivity contribution is 6.32. The molecule has 6 heteroatoms. The van der Waals surface area contributed by atoms with E-state index in [-0.39, 0.29) is 23.1 Å². The normalized spacial score (nSPS) is 23.4. The molecular formula is C15H19ClFNO3. The lowest BCUT2D eigenvalue weighted by atomic mass is 10.0. The van der Waals surface area contributed by atoms with E-state index in [0.717, 1.165) is 18.9 Å². The van der Waals surface area contributed by atoms with E-state index in [2.05, 4.69) is 5.32 Å². The summed E-state index contributed by atoms with van der Waals surface area (Å²) in [7, 11) is 0. The average molecular weight is 316 g/mol. The van der Waals surface area contributed by atoms with Gasteiger partial charge in [-0.1, -0.05) is 11.6 Å². The molecule has 1 aromatic rings. The molecule has 1 heterocycles. The first kappa shape index (κ1) is 16.0. The fraction of sp³-hybridized carbons (Fsp3) is 0.533. The molecule has 2 rings (SSSR count). The number of carbonyl (C=O) groups excluding carboxylic acids is 1. The minimum Gasteiger partial charge on any atom is -0.479 e. The molecule has 4 nitrogen and oxygen atoms in total. The van der Waals surface area contributed by atoms with Crippen LogP contribution in [0.4, 0.5) is 4.39 Å². The summed E-state index contributed by atoms with van der Waals surface area (Å²) in [5.41, 5.74) is 0. The van der Waals surface area contributed by atoms with Crippen LogP contribution in [0.15, 0.2) is 18.2 Å². The molecule has 0 aliphatic carbocycles. The van der Waals surface area contributed by atoms with Crippen molar-refractivity contribution in [1.29, 1.82) is 0 Å². The Morgan fingerprint density at radius 3 is 3.00 bits per heavy atom. The number of halogens is 2. The van der Waals surface area contributed by atoms with Crippen molar-refractivity contribution in [3.05, 3.63) is 29.0 Å². The molecule has 1 N–H and O–H groups in total. The Morgan fingerprint density at radius 1 is 1.57 bits per heavy atom. The first-order valence-electron chi connectivity index (χ1n) is 6.99. The Kier molecular flexibility index (Phi) is 5.42. The molecule has 1 aromatic carbocycles. The summed E-state index contributed by atoms with van der Waals surface area (Å²) in [6.07, 6.45) is 1.02. The highest BCUT2D eigenvalue weighted by Gasteiger charge is 2.24. The van der Waals surface area contributed by atoms with Crippen molar-refractivity contribution >= 4 is 17.5 Å². The summed E-state index contributed by atoms with van der Waals surface area (Å²) in [5.74, 6) is -0.365. The fourth-order valence-electron chi connectivity index (χ4n) is 2.26. The van der Waals surface area contributed by atoms with Gasteiger partial charge in [0.1, 0.15) is 11.6 Å². The van der Waals surface area contributed by atoms with E-state index in [4.69, 9.17) is 21.1 Å². The third-order valence-electron chi connectivity index (χ3n) is 3.40. The first-order chi connectivity index (χ1) is 9.95. The molecule has 1 amide bonds. The Morgan fingerprint density at radius 2 is 2.33 bits per heavy atom. The van der Waals surface area contributed by atoms with Crippen molar-refractivity contribution in [2.45, 2.75) is 44.9 Å². The van der Waals surface area contributed by atoms with Crippen LogP contribution in [-0.2, 0) is 9.53 Å². The van der Waals surface area contributed by atoms with Crippen LogP contribution in [0.1, 0.15) is 26.7 Å². The Hall–Kier alpha value is -1.33. The van der Waals surface area contributed by atoms with Crippen LogP contribution in [0.25, 0.3) is 0 Å². The van der Waals surface area contributed by atoms with Gasteiger partial charge in [-0.2, -0.15) is 0 Å². The second kappa shape index (κ2) is 7.09. The van der Waals surface area contributed by atoms with Crippen molar-refractivity contribution in [2.24, 2.45) is 0 Å². The van der Waals surface area contributed by atoms with Gasteiger partial charge >= 0.3 is 0 Å². The van der Waals surface area contributed by atoms with Gasteiger partial charge in [0, 0.05) is 12.6 Å². The maximum atomic E-state index is 13.0. The standard InChI is InChI=1S/C15H19ClFNO3/c1-9-7-12(5-6-20-9)18-15(19)10(2)21-14-4-3-11(17)8-13(14)16/h3-4,8-10,12H,5-7H2,1-2H3,(H,18,19). The zero-order valence-electron chi connectivity index (χ0n) is 12.1. The molecule has 1 aliphatic heterocycles. The predicted octanol–water partition coefficient (Wildman–Crippen LogP) is 2.93. The zero-order chi connectivity index (χ0) is 15.4. The molecule has 21 heavy (non-hydrogen) atoms. The van der Waals surface area contributed by atoms with Gasteiger partial charge in [0.25, 0.3) is 5.91 Å². The molecule has 0 aromatic heterocycles. The van der Waals surface area contributed by atoms with Crippen molar-refractivity contribution in [1.82, 2.24) is 5.32 Å². The summed E-state index contributed by atoms with van der Waals surface area (Å²) < 4.78 is 23.9. The number of benzene rings is 1. The molecule has 0 bridgehead atoms. The van der Waals surface area contributed by atoms with Gasteiger partial charge in [0.05, 0.1) is 11.1 Å². The second-order valence-corrected chi connectivity index (χ2v) is 5.65. The van der Waals surface area contributed by atoms with Crippen LogP contribution in [-0.4, -0.2) is 30.8 Å². The van der Waals surface area contributed by atoms with E-state index in [1.165, 1.54) is 12.1 Å². The van der Waals surface area contributed by atoms with E-state index >= 15 is 0 Å². The van der Waals surface area contributed by atoms with Crippen LogP contribution in [0, 0.1) is 5.82 Å². The third-order valence-corrected chi connectivity index (χ3v) is 3.69. The van der Waals surface area contributed by atoms with Gasteiger partial charge < -0.3 is 14.8 Å². The van der Waals surface area contributed by atoms with E-state index in [1.54, 1.807) is 6.92 Å². The maximum absolute atomic E-state index is 13.0. The van der Waals surface area contributed by atoms with Gasteiger partial charge in [-0.15, -0.1) is 0 Å². The van der Waals surface area contributed by atoms with Crippen LogP contribution in [0.5, 0.6) is 5.75 Å². The van der Waals surface area contributed by atoms with E-state index in [1.807, 2.05) is 6.92 Å². The Labute approximate surface area is 128 Å². The summed E-state index contributed by atoms with van der Waals surface area (Å²) in [6.45, 7) is 4.26. The molecule has 0 saturated carbocycles. The Bertz CT molecular complexity index is 512. The molecule has 0 spiro atoms. The lowest BCUT2D eigenvalue weighted by molar-refractivity contribution is -0.128. The van der Waals surface area contributed by atoms with Gasteiger partial charge in [0.2, 0.25) is 0 Å². The molecular weight excluding hydrogens is 297 g/mol. The number of carbonyl (C=O) groups is 1. The molecule has 1 saturated heterocycles. The number of nitrogens with one attached hydrogen (secondary N) is 1. The Balaban J connectivity index is 1.90. The molecule has 116 valence electrons. The van der Waals surface area contributed by atoms with E-state index in [9.17, 15) is 9.18 Å². The molecule has 0 radical (unpaired) electrons. The van der Waals surface area contributed by atoms with E-state index < -0.39 is 11.9 Å². The number of hydrogen-bond donors (Lipinski definition) is 1. The highest BCUT2D eigenvalue weighted by Crippen LogP contribution is 2.26. The summed E-state index contributed by atoms with van der Waals surface area (Å²) in [6, 6.07) is 3.90. The molecule has 1 fully saturated rings. The number of hydrogen-bond acceptors (Lipinski definition) is 3. The predicted molar refractivity (Wildman–Crippen MR) is 78.1 cm³/mol. The van der Waals surface area contributed by atoms with Gasteiger partial charge in [0.15, 0.2) is 6.10 Å². The van der Waals surface area contributed by atoms with Crippen LogP contribution < -0.4 is 10.1 Å². The average Bonchev–Trinajstić information content (AvgIpc) is 2.41. The van der Waals surface area contributed by atoms with Crippen LogP contribution >= 0.6 is 11.6 Å². The second-order valence-electron chi connectivity index (χ2n) is 5.25. The van der Waals surface area contributed by atoms with Crippen molar-refractivity contribution in [3.8, 4) is 5.75 Å². The van der Waals surface area contributed by atoms with Crippen molar-refractivity contribution in [3.63, 3.8) is 0 Å². The van der Waals surface area contributed by atoms with Gasteiger partial charge in [-0.25, -0.2) is 4.39 Å². The number of ether oxygens (including phenoxy) is 2. The minimum atomic E-state index is -0.703. The lowest BCUT2D eigenvalue weighted by Crippen LogP contribution is -2.46. The van der Waals surface area contributed by atoms with Crippen LogP contribution in [0.3, 0.4) is 0 Å². The minimum absolute atomic E-state index is 0.0935. The smallest absolute Gasteiger partial charge is 0.260 e. The largest absolute Gasteiger partial charge is 0.479 e. The molecule has 1 aliphatic rings. The summed E-state index contributed by atoms with van der Waals surface area (Å²) >= 11 is 5.88. The quantitative estimate of drug-likeness (QED) is 0.929. The SMILES string of the molecule is CC1CC(NC(=O)C(C)Oc2ccc(F)cc2Cl)CCO1. The fourth-order valence-corrected chi connectivity index (χ4v) is 2.47.